The SMILES string of the molecule is COc1ccc(NC(=O)CN(C)C(=O)CS[C@H](C)C(=O)Nc2cc(C)on2)cc1. The Labute approximate surface area is 173 Å². The van der Waals surface area contributed by atoms with Gasteiger partial charge in [-0.25, -0.2) is 0 Å². The monoisotopic (exact) mass is 420 g/mol. The third-order valence-corrected chi connectivity index (χ3v) is 5.01. The normalized spacial score (nSPS) is 11.4. The van der Waals surface area contributed by atoms with Gasteiger partial charge in [-0.05, 0) is 38.1 Å². The first kappa shape index (κ1) is 22.3. The summed E-state index contributed by atoms with van der Waals surface area (Å²) in [5, 5.41) is 8.56. The maximum absolute atomic E-state index is 12.3. The van der Waals surface area contributed by atoms with Crippen molar-refractivity contribution in [1.29, 1.82) is 0 Å². The van der Waals surface area contributed by atoms with Crippen LogP contribution in [0.4, 0.5) is 11.5 Å². The molecular weight excluding hydrogens is 396 g/mol. The number of methoxy groups -OCH3 is 1. The first-order valence-electron chi connectivity index (χ1n) is 8.82. The Morgan fingerprint density at radius 1 is 1.24 bits per heavy atom. The van der Waals surface area contributed by atoms with Gasteiger partial charge in [-0.2, -0.15) is 0 Å². The number of thioether (sulfide) groups is 1. The lowest BCUT2D eigenvalue weighted by Gasteiger charge is -2.18. The molecule has 1 aromatic carbocycles. The number of ether oxygens (including phenoxy) is 1. The number of nitrogens with one attached hydrogen (secondary N) is 2. The molecule has 1 atom stereocenters. The summed E-state index contributed by atoms with van der Waals surface area (Å²) in [5.41, 5.74) is 0.611. The van der Waals surface area contributed by atoms with E-state index >= 15 is 0 Å². The largest absolute Gasteiger partial charge is 0.497 e. The molecule has 2 aromatic rings. The van der Waals surface area contributed by atoms with Crippen molar-refractivity contribution >= 4 is 41.0 Å². The molecule has 0 radical (unpaired) electrons. The molecule has 0 unspecified atom stereocenters. The van der Waals surface area contributed by atoms with Crippen molar-refractivity contribution in [2.75, 3.05) is 37.1 Å². The van der Waals surface area contributed by atoms with Crippen LogP contribution < -0.4 is 15.4 Å². The Kier molecular flexibility index (Phi) is 8.08. The number of carbonyl (C=O) groups excluding carboxylic acids is 3. The average molecular weight is 420 g/mol. The second-order valence-corrected chi connectivity index (χ2v) is 7.62. The van der Waals surface area contributed by atoms with E-state index in [4.69, 9.17) is 9.26 Å². The molecule has 0 spiro atoms. The molecule has 0 fully saturated rings. The third kappa shape index (κ3) is 7.15. The quantitative estimate of drug-likeness (QED) is 0.639. The highest BCUT2D eigenvalue weighted by Crippen LogP contribution is 2.16. The van der Waals surface area contributed by atoms with Crippen molar-refractivity contribution in [3.8, 4) is 5.75 Å². The fourth-order valence-corrected chi connectivity index (χ4v) is 3.04. The number of nitrogens with zero attached hydrogens (tertiary/aromatic N) is 2. The molecule has 0 aliphatic rings. The van der Waals surface area contributed by atoms with Crippen LogP contribution in [0.25, 0.3) is 0 Å². The first-order chi connectivity index (χ1) is 13.8. The fourth-order valence-electron chi connectivity index (χ4n) is 2.21. The maximum Gasteiger partial charge on any atom is 0.243 e. The van der Waals surface area contributed by atoms with Crippen LogP contribution in [0.1, 0.15) is 12.7 Å². The molecule has 0 aliphatic heterocycles. The van der Waals surface area contributed by atoms with Crippen LogP contribution in [-0.2, 0) is 14.4 Å². The van der Waals surface area contributed by atoms with E-state index in [1.807, 2.05) is 0 Å². The lowest BCUT2D eigenvalue weighted by molar-refractivity contribution is -0.131. The van der Waals surface area contributed by atoms with Crippen LogP contribution in [0, 0.1) is 6.92 Å². The Hall–Kier alpha value is -3.01. The molecule has 1 aromatic heterocycles. The van der Waals surface area contributed by atoms with Gasteiger partial charge in [0.2, 0.25) is 17.7 Å². The number of benzene rings is 1. The van der Waals surface area contributed by atoms with Gasteiger partial charge >= 0.3 is 0 Å². The van der Waals surface area contributed by atoms with Gasteiger partial charge in [0.05, 0.1) is 24.7 Å². The Bertz CT molecular complexity index is 853. The number of likely N-dealkylation sites (N-methyl/N-ethyl adjacent to an activating group) is 1. The van der Waals surface area contributed by atoms with E-state index < -0.39 is 5.25 Å². The Morgan fingerprint density at radius 3 is 2.52 bits per heavy atom. The first-order valence-corrected chi connectivity index (χ1v) is 9.87. The van der Waals surface area contributed by atoms with E-state index in [2.05, 4.69) is 15.8 Å². The molecule has 10 heteroatoms. The third-order valence-electron chi connectivity index (χ3n) is 3.89. The van der Waals surface area contributed by atoms with Crippen molar-refractivity contribution in [2.24, 2.45) is 0 Å². The number of amides is 3. The van der Waals surface area contributed by atoms with E-state index in [-0.39, 0.29) is 30.0 Å². The van der Waals surface area contributed by atoms with E-state index in [0.717, 1.165) is 0 Å². The van der Waals surface area contributed by atoms with Gasteiger partial charge in [0.15, 0.2) is 5.82 Å². The zero-order valence-electron chi connectivity index (χ0n) is 16.7. The van der Waals surface area contributed by atoms with Crippen molar-refractivity contribution in [1.82, 2.24) is 10.1 Å². The zero-order valence-corrected chi connectivity index (χ0v) is 17.5. The van der Waals surface area contributed by atoms with Crippen LogP contribution in [0.15, 0.2) is 34.9 Å². The smallest absolute Gasteiger partial charge is 0.243 e. The highest BCUT2D eigenvalue weighted by Gasteiger charge is 2.19. The molecule has 2 N–H and O–H groups in total. The van der Waals surface area contributed by atoms with Gasteiger partial charge in [0.25, 0.3) is 0 Å². The lowest BCUT2D eigenvalue weighted by Crippen LogP contribution is -2.36. The van der Waals surface area contributed by atoms with Gasteiger partial charge in [-0.3, -0.25) is 14.4 Å². The van der Waals surface area contributed by atoms with Crippen LogP contribution in [0.5, 0.6) is 5.75 Å². The highest BCUT2D eigenvalue weighted by atomic mass is 32.2. The minimum atomic E-state index is -0.475. The summed E-state index contributed by atoms with van der Waals surface area (Å²) in [5.74, 6) is 0.822. The van der Waals surface area contributed by atoms with Crippen molar-refractivity contribution < 1.29 is 23.6 Å². The zero-order chi connectivity index (χ0) is 21.4. The average Bonchev–Trinajstić information content (AvgIpc) is 3.10. The molecule has 29 heavy (non-hydrogen) atoms. The second kappa shape index (κ2) is 10.5. The molecule has 156 valence electrons. The standard InChI is InChI=1S/C19H24N4O5S/c1-12-9-16(22-28-12)21-19(26)13(2)29-11-18(25)23(3)10-17(24)20-14-5-7-15(27-4)8-6-14/h5-9,13H,10-11H2,1-4H3,(H,20,24)(H,21,22,26)/t13-/m1/s1. The highest BCUT2D eigenvalue weighted by molar-refractivity contribution is 8.01. The van der Waals surface area contributed by atoms with Gasteiger partial charge < -0.3 is 24.8 Å². The molecule has 9 nitrogen and oxygen atoms in total. The van der Waals surface area contributed by atoms with Gasteiger partial charge in [0.1, 0.15) is 11.5 Å². The van der Waals surface area contributed by atoms with E-state index in [0.29, 0.717) is 23.0 Å². The summed E-state index contributed by atoms with van der Waals surface area (Å²) < 4.78 is 9.95. The summed E-state index contributed by atoms with van der Waals surface area (Å²) >= 11 is 1.17. The minimum Gasteiger partial charge on any atom is -0.497 e. The molecule has 0 saturated carbocycles. The molecule has 3 amide bonds. The molecule has 1 heterocycles. The Morgan fingerprint density at radius 2 is 1.93 bits per heavy atom. The number of hydrogen-bond acceptors (Lipinski definition) is 7. The molecule has 0 aliphatic carbocycles. The van der Waals surface area contributed by atoms with Crippen LogP contribution >= 0.6 is 11.8 Å². The number of anilines is 2. The summed E-state index contributed by atoms with van der Waals surface area (Å²) in [6.07, 6.45) is 0. The van der Waals surface area contributed by atoms with Gasteiger partial charge in [-0.15, -0.1) is 11.8 Å². The Balaban J connectivity index is 1.74. The number of hydrogen-bond donors (Lipinski definition) is 2. The number of rotatable bonds is 9. The molecule has 2 rings (SSSR count). The second-order valence-electron chi connectivity index (χ2n) is 6.29. The van der Waals surface area contributed by atoms with E-state index in [1.54, 1.807) is 58.3 Å². The van der Waals surface area contributed by atoms with Crippen LogP contribution in [0.2, 0.25) is 0 Å². The number of aromatic nitrogens is 1. The molecule has 0 saturated heterocycles. The summed E-state index contributed by atoms with van der Waals surface area (Å²) in [4.78, 5) is 37.8. The van der Waals surface area contributed by atoms with Gasteiger partial charge in [0, 0.05) is 18.8 Å². The lowest BCUT2D eigenvalue weighted by atomic mass is 10.3. The fraction of sp³-hybridized carbons (Fsp3) is 0.368. The minimum absolute atomic E-state index is 0.0682. The van der Waals surface area contributed by atoms with Crippen molar-refractivity contribution in [3.05, 3.63) is 36.1 Å². The number of aryl methyl sites for hydroxylation is 1. The maximum atomic E-state index is 12.3. The summed E-state index contributed by atoms with van der Waals surface area (Å²) in [6.45, 7) is 3.32. The van der Waals surface area contributed by atoms with E-state index in [1.165, 1.54) is 16.7 Å². The van der Waals surface area contributed by atoms with E-state index in [9.17, 15) is 14.4 Å². The van der Waals surface area contributed by atoms with Crippen LogP contribution in [0.3, 0.4) is 0 Å². The van der Waals surface area contributed by atoms with Gasteiger partial charge in [-0.1, -0.05) is 5.16 Å². The topological polar surface area (TPSA) is 114 Å². The van der Waals surface area contributed by atoms with Crippen LogP contribution in [-0.4, -0.2) is 59.5 Å². The predicted molar refractivity (Wildman–Crippen MR) is 111 cm³/mol. The molecule has 0 bridgehead atoms. The summed E-state index contributed by atoms with van der Waals surface area (Å²) in [6, 6.07) is 8.49. The predicted octanol–water partition coefficient (Wildman–Crippen LogP) is 2.15. The van der Waals surface area contributed by atoms with Crippen molar-refractivity contribution in [3.63, 3.8) is 0 Å². The summed E-state index contributed by atoms with van der Waals surface area (Å²) in [7, 11) is 3.10. The van der Waals surface area contributed by atoms with Crippen molar-refractivity contribution in [2.45, 2.75) is 19.1 Å². The number of carbonyl (C=O) groups is 3. The molecular formula is C19H24N4O5S.